The van der Waals surface area contributed by atoms with E-state index >= 15 is 0 Å². The van der Waals surface area contributed by atoms with Crippen LogP contribution >= 0.6 is 0 Å². The molecule has 3 rings (SSSR count). The van der Waals surface area contributed by atoms with E-state index in [9.17, 15) is 14.3 Å². The zero-order valence-corrected chi connectivity index (χ0v) is 15.3. The predicted molar refractivity (Wildman–Crippen MR) is 97.8 cm³/mol. The number of alkyl halides is 1. The molecule has 1 saturated carbocycles. The van der Waals surface area contributed by atoms with Gasteiger partial charge < -0.3 is 15.4 Å². The van der Waals surface area contributed by atoms with Crippen LogP contribution in [0.2, 0.25) is 0 Å². The molecule has 0 bridgehead atoms. The maximum Gasteiger partial charge on any atom is 0.273 e. The third kappa shape index (κ3) is 4.69. The topological polar surface area (TPSA) is 95.2 Å². The first-order chi connectivity index (χ1) is 13.1. The number of benzene rings is 1. The predicted octanol–water partition coefficient (Wildman–Crippen LogP) is 1.58. The van der Waals surface area contributed by atoms with Crippen molar-refractivity contribution in [1.29, 1.82) is 0 Å². The second kappa shape index (κ2) is 8.75. The van der Waals surface area contributed by atoms with Crippen LogP contribution in [0.25, 0.3) is 5.69 Å². The summed E-state index contributed by atoms with van der Waals surface area (Å²) >= 11 is 0. The second-order valence-corrected chi connectivity index (χ2v) is 6.52. The minimum Gasteiger partial charge on any atom is -0.858 e. The van der Waals surface area contributed by atoms with Gasteiger partial charge in [0.15, 0.2) is 5.69 Å². The van der Waals surface area contributed by atoms with Crippen molar-refractivity contribution in [2.45, 2.75) is 45.1 Å². The van der Waals surface area contributed by atoms with E-state index in [2.05, 4.69) is 20.6 Å². The minimum atomic E-state index is -0.400. The molecule has 2 aromatic rings. The highest BCUT2D eigenvalue weighted by atomic mass is 19.1. The number of nitrogens with zero attached hydrogens (tertiary/aromatic N) is 4. The van der Waals surface area contributed by atoms with Gasteiger partial charge >= 0.3 is 0 Å². The van der Waals surface area contributed by atoms with Crippen LogP contribution in [0.3, 0.4) is 0 Å². The van der Waals surface area contributed by atoms with Gasteiger partial charge in [-0.15, -0.1) is 5.10 Å². The zero-order valence-electron chi connectivity index (χ0n) is 15.3. The van der Waals surface area contributed by atoms with Crippen LogP contribution < -0.4 is 10.4 Å². The molecule has 1 fully saturated rings. The lowest BCUT2D eigenvalue weighted by Gasteiger charge is -2.12. The molecule has 0 unspecified atom stereocenters. The molecular formula is C19H23FN5O2-. The highest BCUT2D eigenvalue weighted by molar-refractivity contribution is 5.94. The molecule has 0 aliphatic heterocycles. The van der Waals surface area contributed by atoms with Crippen LogP contribution in [0.4, 0.5) is 4.39 Å². The molecule has 1 aliphatic carbocycles. The Morgan fingerprint density at radius 3 is 2.70 bits per heavy atom. The van der Waals surface area contributed by atoms with E-state index in [1.807, 2.05) is 0 Å². The molecule has 1 aromatic heterocycles. The largest absolute Gasteiger partial charge is 0.858 e. The van der Waals surface area contributed by atoms with E-state index in [-0.39, 0.29) is 23.5 Å². The number of aliphatic imine (C=N–C) groups is 1. The van der Waals surface area contributed by atoms with Crippen LogP contribution in [0.5, 0.6) is 0 Å². The molecular weight excluding hydrogens is 349 g/mol. The van der Waals surface area contributed by atoms with Gasteiger partial charge in [-0.2, -0.15) is 0 Å². The van der Waals surface area contributed by atoms with Crippen LogP contribution in [0.15, 0.2) is 29.3 Å². The molecule has 1 aliphatic rings. The summed E-state index contributed by atoms with van der Waals surface area (Å²) in [5.41, 5.74) is 2.11. The SMILES string of the molecule is CCN=C([O-])c1ccc(-n2nnc(C(=O)NC3CC3)c2CCCCF)cc1. The monoisotopic (exact) mass is 372 g/mol. The van der Waals surface area contributed by atoms with Crippen LogP contribution in [-0.2, 0) is 6.42 Å². The van der Waals surface area contributed by atoms with E-state index in [1.165, 1.54) is 0 Å². The van der Waals surface area contributed by atoms with Crippen molar-refractivity contribution in [1.82, 2.24) is 20.3 Å². The molecule has 1 N–H and O–H groups in total. The number of aromatic nitrogens is 3. The van der Waals surface area contributed by atoms with Crippen LogP contribution in [0.1, 0.15) is 54.4 Å². The van der Waals surface area contributed by atoms with Gasteiger partial charge in [-0.05, 0) is 62.6 Å². The number of unbranched alkanes of at least 4 members (excludes halogenated alkanes) is 1. The van der Waals surface area contributed by atoms with Gasteiger partial charge in [-0.25, -0.2) is 4.68 Å². The summed E-state index contributed by atoms with van der Waals surface area (Å²) in [5.74, 6) is -0.511. The zero-order chi connectivity index (χ0) is 19.2. The van der Waals surface area contributed by atoms with Gasteiger partial charge in [0.05, 0.1) is 18.1 Å². The fourth-order valence-electron chi connectivity index (χ4n) is 2.76. The van der Waals surface area contributed by atoms with Crippen LogP contribution in [0, 0.1) is 0 Å². The van der Waals surface area contributed by atoms with Gasteiger partial charge in [-0.3, -0.25) is 9.18 Å². The van der Waals surface area contributed by atoms with Gasteiger partial charge in [0.2, 0.25) is 0 Å². The van der Waals surface area contributed by atoms with Gasteiger partial charge in [-0.1, -0.05) is 17.3 Å². The first kappa shape index (κ1) is 19.0. The number of carbonyl (C=O) groups is 1. The van der Waals surface area contributed by atoms with Crippen molar-refractivity contribution < 1.29 is 14.3 Å². The van der Waals surface area contributed by atoms with Crippen molar-refractivity contribution in [3.8, 4) is 5.69 Å². The quantitative estimate of drug-likeness (QED) is 0.411. The number of halogens is 1. The Morgan fingerprint density at radius 2 is 2.07 bits per heavy atom. The number of hydrogen-bond donors (Lipinski definition) is 1. The molecule has 27 heavy (non-hydrogen) atoms. The molecule has 1 aromatic carbocycles. The highest BCUT2D eigenvalue weighted by Gasteiger charge is 2.27. The Kier molecular flexibility index (Phi) is 6.16. The summed E-state index contributed by atoms with van der Waals surface area (Å²) in [5, 5.41) is 23.0. The van der Waals surface area contributed by atoms with Crippen molar-refractivity contribution in [2.24, 2.45) is 4.99 Å². The summed E-state index contributed by atoms with van der Waals surface area (Å²) in [6.45, 7) is 1.84. The number of amides is 1. The Balaban J connectivity index is 1.87. The van der Waals surface area contributed by atoms with Crippen molar-refractivity contribution in [2.75, 3.05) is 13.2 Å². The standard InChI is InChI=1S/C19H24FN5O2/c1-2-21-18(26)13-6-10-15(11-7-13)25-16(5-3-4-12-20)17(23-24-25)19(27)22-14-8-9-14/h6-7,10-11,14H,2-5,8-9,12H2,1H3,(H,21,26)(H,22,27)/p-1. The van der Waals surface area contributed by atoms with Crippen molar-refractivity contribution in [3.05, 3.63) is 41.2 Å². The average Bonchev–Trinajstić information content (AvgIpc) is 3.38. The van der Waals surface area contributed by atoms with Crippen molar-refractivity contribution >= 4 is 11.8 Å². The first-order valence-electron chi connectivity index (χ1n) is 9.27. The summed E-state index contributed by atoms with van der Waals surface area (Å²) in [4.78, 5) is 16.3. The molecule has 1 amide bonds. The van der Waals surface area contributed by atoms with E-state index < -0.39 is 6.67 Å². The third-order valence-corrected chi connectivity index (χ3v) is 4.35. The lowest BCUT2D eigenvalue weighted by atomic mass is 10.1. The second-order valence-electron chi connectivity index (χ2n) is 6.52. The van der Waals surface area contributed by atoms with Gasteiger partial charge in [0.1, 0.15) is 0 Å². The fraction of sp³-hybridized carbons (Fsp3) is 0.474. The summed E-state index contributed by atoms with van der Waals surface area (Å²) < 4.78 is 14.1. The number of nitrogens with one attached hydrogen (secondary N) is 1. The Bertz CT molecular complexity index is 812. The van der Waals surface area contributed by atoms with Gasteiger partial charge in [0.25, 0.3) is 5.91 Å². The fourth-order valence-corrected chi connectivity index (χ4v) is 2.76. The summed E-state index contributed by atoms with van der Waals surface area (Å²) in [7, 11) is 0. The summed E-state index contributed by atoms with van der Waals surface area (Å²) in [6.07, 6.45) is 3.47. The molecule has 8 heteroatoms. The smallest absolute Gasteiger partial charge is 0.273 e. The lowest BCUT2D eigenvalue weighted by Crippen LogP contribution is -2.27. The Morgan fingerprint density at radius 1 is 1.33 bits per heavy atom. The van der Waals surface area contributed by atoms with E-state index in [0.29, 0.717) is 42.8 Å². The molecule has 0 atom stereocenters. The normalized spacial score (nSPS) is 14.4. The molecule has 0 spiro atoms. The van der Waals surface area contributed by atoms with E-state index in [1.54, 1.807) is 35.9 Å². The molecule has 1 heterocycles. The highest BCUT2D eigenvalue weighted by Crippen LogP contribution is 2.21. The Labute approximate surface area is 157 Å². The molecule has 7 nitrogen and oxygen atoms in total. The third-order valence-electron chi connectivity index (χ3n) is 4.35. The molecule has 0 radical (unpaired) electrons. The molecule has 0 saturated heterocycles. The van der Waals surface area contributed by atoms with Crippen LogP contribution in [-0.4, -0.2) is 46.1 Å². The number of hydrogen-bond acceptors (Lipinski definition) is 5. The van der Waals surface area contributed by atoms with Gasteiger partial charge in [0, 0.05) is 12.6 Å². The summed E-state index contributed by atoms with van der Waals surface area (Å²) in [6, 6.07) is 7.05. The minimum absolute atomic E-state index is 0.217. The van der Waals surface area contributed by atoms with E-state index in [4.69, 9.17) is 0 Å². The molecule has 144 valence electrons. The first-order valence-corrected chi connectivity index (χ1v) is 9.27. The Hall–Kier alpha value is -2.77. The lowest BCUT2D eigenvalue weighted by molar-refractivity contribution is -0.213. The number of carbonyl (C=O) groups excluding carboxylic acids is 1. The average molecular weight is 372 g/mol. The maximum absolute atomic E-state index is 12.5. The maximum atomic E-state index is 12.5. The van der Waals surface area contributed by atoms with E-state index in [0.717, 1.165) is 12.8 Å². The number of rotatable bonds is 9. The van der Waals surface area contributed by atoms with Crippen molar-refractivity contribution in [3.63, 3.8) is 0 Å².